The Morgan fingerprint density at radius 3 is 2.77 bits per heavy atom. The van der Waals surface area contributed by atoms with Crippen LogP contribution in [0.3, 0.4) is 0 Å². The summed E-state index contributed by atoms with van der Waals surface area (Å²) in [6, 6.07) is 3.51. The summed E-state index contributed by atoms with van der Waals surface area (Å²) in [5.41, 5.74) is 0. The van der Waals surface area contributed by atoms with Crippen molar-refractivity contribution in [2.75, 3.05) is 0 Å². The van der Waals surface area contributed by atoms with Crippen molar-refractivity contribution in [2.45, 2.75) is 0 Å². The average molecular weight is 194 g/mol. The summed E-state index contributed by atoms with van der Waals surface area (Å²) in [5, 5.41) is 18.7. The maximum Gasteiger partial charge on any atom is 0.499 e. The molecule has 2 aromatic rings. The molecule has 0 spiro atoms. The third kappa shape index (κ3) is 1.64. The van der Waals surface area contributed by atoms with E-state index in [2.05, 4.69) is 4.98 Å². The third-order valence-corrected chi connectivity index (χ3v) is 2.76. The van der Waals surface area contributed by atoms with Gasteiger partial charge in [0.2, 0.25) is 0 Å². The molecule has 0 fully saturated rings. The normalized spacial score (nSPS) is 10.3. The van der Waals surface area contributed by atoms with Crippen molar-refractivity contribution >= 4 is 23.2 Å². The Balaban J connectivity index is 2.33. The standard InChI is InChI=1S/C7H7BN2O2S/c11-8(12)6-1-2-7(13-6)10-4-3-9-5-10/h1-5,11-12H. The van der Waals surface area contributed by atoms with Gasteiger partial charge in [0.05, 0.1) is 11.3 Å². The number of nitrogens with zero attached hydrogens (tertiary/aromatic N) is 2. The highest BCUT2D eigenvalue weighted by atomic mass is 32.1. The van der Waals surface area contributed by atoms with E-state index in [0.29, 0.717) is 4.78 Å². The third-order valence-electron chi connectivity index (χ3n) is 1.63. The lowest BCUT2D eigenvalue weighted by atomic mass is 9.90. The predicted molar refractivity (Wildman–Crippen MR) is 51.3 cm³/mol. The van der Waals surface area contributed by atoms with Gasteiger partial charge in [-0.3, -0.25) is 4.57 Å². The minimum Gasteiger partial charge on any atom is -0.423 e. The Kier molecular flexibility index (Phi) is 2.18. The highest BCUT2D eigenvalue weighted by Gasteiger charge is 2.13. The largest absolute Gasteiger partial charge is 0.499 e. The van der Waals surface area contributed by atoms with Gasteiger partial charge in [0.25, 0.3) is 0 Å². The van der Waals surface area contributed by atoms with E-state index in [9.17, 15) is 0 Å². The topological polar surface area (TPSA) is 58.3 Å². The van der Waals surface area contributed by atoms with E-state index in [1.165, 1.54) is 11.3 Å². The SMILES string of the molecule is OB(O)c1ccc(-n2ccnc2)s1. The minimum absolute atomic E-state index is 0.531. The maximum absolute atomic E-state index is 8.88. The van der Waals surface area contributed by atoms with Crippen LogP contribution in [-0.2, 0) is 0 Å². The van der Waals surface area contributed by atoms with E-state index in [0.717, 1.165) is 5.00 Å². The van der Waals surface area contributed by atoms with Crippen molar-refractivity contribution in [1.29, 1.82) is 0 Å². The molecule has 0 aliphatic carbocycles. The second kappa shape index (κ2) is 3.33. The van der Waals surface area contributed by atoms with Gasteiger partial charge in [-0.05, 0) is 12.1 Å². The van der Waals surface area contributed by atoms with E-state index >= 15 is 0 Å². The van der Waals surface area contributed by atoms with Crippen molar-refractivity contribution in [3.05, 3.63) is 30.9 Å². The van der Waals surface area contributed by atoms with E-state index in [1.54, 1.807) is 24.8 Å². The van der Waals surface area contributed by atoms with Gasteiger partial charge in [-0.25, -0.2) is 4.98 Å². The van der Waals surface area contributed by atoms with Gasteiger partial charge in [0.15, 0.2) is 0 Å². The molecule has 0 bridgehead atoms. The molecule has 0 radical (unpaired) electrons. The van der Waals surface area contributed by atoms with E-state index in [-0.39, 0.29) is 0 Å². The number of aromatic nitrogens is 2. The molecular weight excluding hydrogens is 187 g/mol. The lowest BCUT2D eigenvalue weighted by molar-refractivity contribution is 0.427. The first-order valence-electron chi connectivity index (χ1n) is 3.71. The van der Waals surface area contributed by atoms with E-state index < -0.39 is 7.12 Å². The van der Waals surface area contributed by atoms with Crippen LogP contribution < -0.4 is 4.78 Å². The van der Waals surface area contributed by atoms with Gasteiger partial charge in [-0.1, -0.05) is 0 Å². The summed E-state index contributed by atoms with van der Waals surface area (Å²) in [5.74, 6) is 0. The Morgan fingerprint density at radius 1 is 1.38 bits per heavy atom. The molecule has 2 aromatic heterocycles. The van der Waals surface area contributed by atoms with Crippen molar-refractivity contribution in [3.8, 4) is 5.00 Å². The van der Waals surface area contributed by atoms with Gasteiger partial charge in [0.1, 0.15) is 0 Å². The Bertz CT molecular complexity index is 385. The van der Waals surface area contributed by atoms with Gasteiger partial charge >= 0.3 is 7.12 Å². The Morgan fingerprint density at radius 2 is 2.23 bits per heavy atom. The molecule has 6 heteroatoms. The maximum atomic E-state index is 8.88. The van der Waals surface area contributed by atoms with E-state index in [1.807, 2.05) is 10.6 Å². The molecule has 0 aromatic carbocycles. The fraction of sp³-hybridized carbons (Fsp3) is 0. The second-order valence-corrected chi connectivity index (χ2v) is 3.61. The van der Waals surface area contributed by atoms with Crippen molar-refractivity contribution < 1.29 is 10.0 Å². The number of thiophene rings is 1. The summed E-state index contributed by atoms with van der Waals surface area (Å²) >= 11 is 1.32. The zero-order chi connectivity index (χ0) is 9.26. The van der Waals surface area contributed by atoms with Crippen LogP contribution >= 0.6 is 11.3 Å². The number of hydrogen-bond acceptors (Lipinski definition) is 4. The van der Waals surface area contributed by atoms with Crippen LogP contribution in [0.25, 0.3) is 5.00 Å². The minimum atomic E-state index is -1.39. The van der Waals surface area contributed by atoms with Crippen molar-refractivity contribution in [1.82, 2.24) is 9.55 Å². The summed E-state index contributed by atoms with van der Waals surface area (Å²) in [6.45, 7) is 0. The monoisotopic (exact) mass is 194 g/mol. The molecule has 0 saturated heterocycles. The zero-order valence-electron chi connectivity index (χ0n) is 6.66. The molecule has 0 atom stereocenters. The molecule has 4 nitrogen and oxygen atoms in total. The summed E-state index contributed by atoms with van der Waals surface area (Å²) in [7, 11) is -1.39. The first-order valence-corrected chi connectivity index (χ1v) is 4.53. The van der Waals surface area contributed by atoms with Crippen LogP contribution in [-0.4, -0.2) is 26.7 Å². The summed E-state index contributed by atoms with van der Waals surface area (Å²) < 4.78 is 2.35. The van der Waals surface area contributed by atoms with Gasteiger partial charge < -0.3 is 10.0 Å². The second-order valence-electron chi connectivity index (χ2n) is 2.52. The summed E-state index contributed by atoms with van der Waals surface area (Å²) in [4.78, 5) is 3.90. The number of rotatable bonds is 2. The molecule has 0 saturated carbocycles. The van der Waals surface area contributed by atoms with Crippen LogP contribution in [0.4, 0.5) is 0 Å². The molecule has 0 aliphatic rings. The van der Waals surface area contributed by atoms with Crippen LogP contribution in [0.1, 0.15) is 0 Å². The van der Waals surface area contributed by atoms with Gasteiger partial charge in [0, 0.05) is 17.2 Å². The average Bonchev–Trinajstić information content (AvgIpc) is 2.75. The fourth-order valence-electron chi connectivity index (χ4n) is 1.01. The molecule has 0 unspecified atom stereocenters. The van der Waals surface area contributed by atoms with Crippen LogP contribution in [0.15, 0.2) is 30.9 Å². The first-order chi connectivity index (χ1) is 6.27. The highest BCUT2D eigenvalue weighted by Crippen LogP contribution is 2.12. The Hall–Kier alpha value is -1.11. The lowest BCUT2D eigenvalue weighted by Crippen LogP contribution is -2.26. The van der Waals surface area contributed by atoms with Gasteiger partial charge in [-0.15, -0.1) is 11.3 Å². The van der Waals surface area contributed by atoms with Crippen LogP contribution in [0.2, 0.25) is 0 Å². The highest BCUT2D eigenvalue weighted by molar-refractivity contribution is 7.24. The zero-order valence-corrected chi connectivity index (χ0v) is 7.48. The molecule has 2 rings (SSSR count). The molecule has 66 valence electrons. The Labute approximate surface area is 79.2 Å². The van der Waals surface area contributed by atoms with Crippen molar-refractivity contribution in [3.63, 3.8) is 0 Å². The number of imidazole rings is 1. The molecule has 0 amide bonds. The quantitative estimate of drug-likeness (QED) is 0.640. The summed E-state index contributed by atoms with van der Waals surface area (Å²) in [6.07, 6.45) is 5.15. The molecule has 13 heavy (non-hydrogen) atoms. The molecule has 0 aliphatic heterocycles. The first kappa shape index (κ1) is 8.49. The molecular formula is C7H7BN2O2S. The lowest BCUT2D eigenvalue weighted by Gasteiger charge is -1.94. The molecule has 2 N–H and O–H groups in total. The number of hydrogen-bond donors (Lipinski definition) is 2. The van der Waals surface area contributed by atoms with Crippen molar-refractivity contribution in [2.24, 2.45) is 0 Å². The van der Waals surface area contributed by atoms with Gasteiger partial charge in [-0.2, -0.15) is 0 Å². The smallest absolute Gasteiger partial charge is 0.423 e. The van der Waals surface area contributed by atoms with E-state index in [4.69, 9.17) is 10.0 Å². The molecule has 2 heterocycles. The predicted octanol–water partition coefficient (Wildman–Crippen LogP) is -0.386. The van der Waals surface area contributed by atoms with Crippen LogP contribution in [0.5, 0.6) is 0 Å². The fourth-order valence-corrected chi connectivity index (χ4v) is 1.84. The van der Waals surface area contributed by atoms with Crippen LogP contribution in [0, 0.1) is 0 Å².